The van der Waals surface area contributed by atoms with Crippen LogP contribution in [-0.4, -0.2) is 47.8 Å². The highest BCUT2D eigenvalue weighted by Crippen LogP contribution is 2.15. The molecule has 6 heteroatoms. The molecule has 0 spiro atoms. The number of hydrogen-bond donors (Lipinski definition) is 0. The van der Waals surface area contributed by atoms with E-state index < -0.39 is 5.63 Å². The van der Waals surface area contributed by atoms with Crippen LogP contribution in [0.3, 0.4) is 0 Å². The summed E-state index contributed by atoms with van der Waals surface area (Å²) < 4.78 is 5.27. The number of rotatable bonds is 3. The van der Waals surface area contributed by atoms with Gasteiger partial charge in [-0.1, -0.05) is 32.0 Å². The van der Waals surface area contributed by atoms with Crippen LogP contribution in [0.1, 0.15) is 37.0 Å². The quantitative estimate of drug-likeness (QED) is 0.793. The third-order valence-corrected chi connectivity index (χ3v) is 4.59. The fourth-order valence-electron chi connectivity index (χ4n) is 3.23. The Balaban J connectivity index is 1.75. The first kappa shape index (κ1) is 18.2. The van der Waals surface area contributed by atoms with Gasteiger partial charge in [0.25, 0.3) is 5.91 Å². The molecule has 0 bridgehead atoms. The highest BCUT2D eigenvalue weighted by atomic mass is 16.4. The molecule has 0 saturated carbocycles. The van der Waals surface area contributed by atoms with E-state index in [2.05, 4.69) is 0 Å². The van der Waals surface area contributed by atoms with E-state index in [-0.39, 0.29) is 17.4 Å². The minimum absolute atomic E-state index is 0.0469. The molecule has 1 aliphatic rings. The first-order valence-corrected chi connectivity index (χ1v) is 9.05. The predicted molar refractivity (Wildman–Crippen MR) is 99.0 cm³/mol. The van der Waals surface area contributed by atoms with Gasteiger partial charge >= 0.3 is 5.63 Å². The smallest absolute Gasteiger partial charge is 0.349 e. The lowest BCUT2D eigenvalue weighted by molar-refractivity contribution is -0.131. The van der Waals surface area contributed by atoms with Gasteiger partial charge in [-0.25, -0.2) is 4.79 Å². The van der Waals surface area contributed by atoms with Crippen LogP contribution in [0.5, 0.6) is 0 Å². The monoisotopic (exact) mass is 356 g/mol. The highest BCUT2D eigenvalue weighted by Gasteiger charge is 2.25. The van der Waals surface area contributed by atoms with Gasteiger partial charge in [-0.3, -0.25) is 9.59 Å². The number of fused-ring (bicyclic) bond motifs is 1. The van der Waals surface area contributed by atoms with Crippen LogP contribution in [0.2, 0.25) is 0 Å². The fraction of sp³-hybridized carbons (Fsp3) is 0.450. The summed E-state index contributed by atoms with van der Waals surface area (Å²) >= 11 is 0. The maximum absolute atomic E-state index is 12.8. The fourth-order valence-corrected chi connectivity index (χ4v) is 3.23. The molecule has 0 atom stereocenters. The van der Waals surface area contributed by atoms with Crippen molar-refractivity contribution in [1.29, 1.82) is 0 Å². The van der Waals surface area contributed by atoms with Gasteiger partial charge in [-0.15, -0.1) is 0 Å². The number of hydrogen-bond acceptors (Lipinski definition) is 4. The van der Waals surface area contributed by atoms with Gasteiger partial charge in [0.2, 0.25) is 5.91 Å². The molecule has 138 valence electrons. The number of nitrogens with zero attached hydrogens (tertiary/aromatic N) is 2. The maximum atomic E-state index is 12.8. The van der Waals surface area contributed by atoms with Crippen LogP contribution in [0.25, 0.3) is 11.0 Å². The van der Waals surface area contributed by atoms with E-state index in [0.29, 0.717) is 50.5 Å². The molecule has 6 nitrogen and oxygen atoms in total. The molecular formula is C20H24N2O4. The summed E-state index contributed by atoms with van der Waals surface area (Å²) in [7, 11) is 0. The maximum Gasteiger partial charge on any atom is 0.349 e. The molecule has 26 heavy (non-hydrogen) atoms. The molecule has 1 aliphatic heterocycles. The van der Waals surface area contributed by atoms with Crippen LogP contribution >= 0.6 is 0 Å². The van der Waals surface area contributed by atoms with Crippen molar-refractivity contribution in [1.82, 2.24) is 9.80 Å². The molecule has 2 heterocycles. The lowest BCUT2D eigenvalue weighted by Crippen LogP contribution is -2.38. The van der Waals surface area contributed by atoms with Crippen molar-refractivity contribution in [2.24, 2.45) is 5.92 Å². The molecule has 1 aromatic carbocycles. The standard InChI is InChI=1S/C20H24N2O4/c1-14(2)12-18(23)21-8-5-9-22(11-10-21)19(24)16-13-15-6-3-4-7-17(15)26-20(16)25/h3-4,6-7,13-14H,5,8-12H2,1-2H3. The van der Waals surface area contributed by atoms with E-state index in [0.717, 1.165) is 5.39 Å². The van der Waals surface area contributed by atoms with Gasteiger partial charge in [0, 0.05) is 38.0 Å². The topological polar surface area (TPSA) is 70.8 Å². The highest BCUT2D eigenvalue weighted by molar-refractivity contribution is 5.96. The summed E-state index contributed by atoms with van der Waals surface area (Å²) in [6.45, 7) is 6.12. The first-order valence-electron chi connectivity index (χ1n) is 9.05. The SMILES string of the molecule is CC(C)CC(=O)N1CCCN(C(=O)c2cc3ccccc3oc2=O)CC1. The first-order chi connectivity index (χ1) is 12.5. The van der Waals surface area contributed by atoms with Crippen LogP contribution in [-0.2, 0) is 4.79 Å². The zero-order chi connectivity index (χ0) is 18.7. The number of amides is 2. The summed E-state index contributed by atoms with van der Waals surface area (Å²) in [5.74, 6) is 0.105. The van der Waals surface area contributed by atoms with Crippen molar-refractivity contribution in [3.63, 3.8) is 0 Å². The molecule has 1 fully saturated rings. The Morgan fingerprint density at radius 1 is 1.08 bits per heavy atom. The van der Waals surface area contributed by atoms with Crippen molar-refractivity contribution in [3.05, 3.63) is 46.3 Å². The zero-order valence-electron chi connectivity index (χ0n) is 15.2. The lowest BCUT2D eigenvalue weighted by atomic mass is 10.1. The molecule has 1 saturated heterocycles. The van der Waals surface area contributed by atoms with Crippen molar-refractivity contribution < 1.29 is 14.0 Å². The van der Waals surface area contributed by atoms with E-state index in [1.165, 1.54) is 0 Å². The van der Waals surface area contributed by atoms with E-state index >= 15 is 0 Å². The molecule has 1 aromatic heterocycles. The van der Waals surface area contributed by atoms with Gasteiger partial charge in [0.1, 0.15) is 11.1 Å². The summed E-state index contributed by atoms with van der Waals surface area (Å²) in [6.07, 6.45) is 1.22. The molecule has 0 aliphatic carbocycles. The molecule has 2 amide bonds. The van der Waals surface area contributed by atoms with Crippen LogP contribution in [0, 0.1) is 5.92 Å². The second-order valence-corrected chi connectivity index (χ2v) is 7.11. The Morgan fingerprint density at radius 3 is 2.54 bits per heavy atom. The number of carbonyl (C=O) groups is 2. The lowest BCUT2D eigenvalue weighted by Gasteiger charge is -2.22. The van der Waals surface area contributed by atoms with Gasteiger partial charge in [-0.05, 0) is 24.5 Å². The molecule has 2 aromatic rings. The van der Waals surface area contributed by atoms with E-state index in [1.54, 1.807) is 23.1 Å². The summed E-state index contributed by atoms with van der Waals surface area (Å²) in [5.41, 5.74) is -0.105. The Labute approximate surface area is 152 Å². The predicted octanol–water partition coefficient (Wildman–Crippen LogP) is 2.51. The Kier molecular flexibility index (Phi) is 5.40. The third-order valence-electron chi connectivity index (χ3n) is 4.59. The average Bonchev–Trinajstić information content (AvgIpc) is 2.86. The van der Waals surface area contributed by atoms with E-state index in [1.807, 2.05) is 30.9 Å². The van der Waals surface area contributed by atoms with Crippen molar-refractivity contribution in [3.8, 4) is 0 Å². The number of carbonyl (C=O) groups excluding carboxylic acids is 2. The summed E-state index contributed by atoms with van der Waals surface area (Å²) in [4.78, 5) is 40.8. The Morgan fingerprint density at radius 2 is 1.77 bits per heavy atom. The normalized spacial score (nSPS) is 15.3. The molecule has 3 rings (SSSR count). The van der Waals surface area contributed by atoms with Crippen LogP contribution in [0.15, 0.2) is 39.5 Å². The Hall–Kier alpha value is -2.63. The van der Waals surface area contributed by atoms with Gasteiger partial charge in [-0.2, -0.15) is 0 Å². The minimum atomic E-state index is -0.620. The summed E-state index contributed by atoms with van der Waals surface area (Å²) in [5, 5.41) is 0.721. The van der Waals surface area contributed by atoms with Gasteiger partial charge in [0.05, 0.1) is 0 Å². The number of para-hydroxylation sites is 1. The largest absolute Gasteiger partial charge is 0.422 e. The molecule has 0 radical (unpaired) electrons. The molecule has 0 N–H and O–H groups in total. The summed E-state index contributed by atoms with van der Waals surface area (Å²) in [6, 6.07) is 8.72. The number of benzene rings is 1. The van der Waals surface area contributed by atoms with Gasteiger partial charge in [0.15, 0.2) is 0 Å². The second kappa shape index (κ2) is 7.72. The van der Waals surface area contributed by atoms with Crippen LogP contribution < -0.4 is 5.63 Å². The van der Waals surface area contributed by atoms with Crippen LogP contribution in [0.4, 0.5) is 0 Å². The third kappa shape index (κ3) is 3.95. The van der Waals surface area contributed by atoms with Crippen molar-refractivity contribution >= 4 is 22.8 Å². The minimum Gasteiger partial charge on any atom is -0.422 e. The zero-order valence-corrected chi connectivity index (χ0v) is 15.2. The second-order valence-electron chi connectivity index (χ2n) is 7.11. The van der Waals surface area contributed by atoms with Crippen molar-refractivity contribution in [2.45, 2.75) is 26.7 Å². The van der Waals surface area contributed by atoms with Gasteiger partial charge < -0.3 is 14.2 Å². The average molecular weight is 356 g/mol. The van der Waals surface area contributed by atoms with E-state index in [4.69, 9.17) is 4.42 Å². The Bertz CT molecular complexity index is 871. The van der Waals surface area contributed by atoms with Crippen molar-refractivity contribution in [2.75, 3.05) is 26.2 Å². The van der Waals surface area contributed by atoms with E-state index in [9.17, 15) is 14.4 Å². The molecular weight excluding hydrogens is 332 g/mol. The molecule has 0 unspecified atom stereocenters.